The van der Waals surface area contributed by atoms with Gasteiger partial charge in [0.15, 0.2) is 0 Å². The molecule has 1 aliphatic carbocycles. The predicted octanol–water partition coefficient (Wildman–Crippen LogP) is 2.43. The van der Waals surface area contributed by atoms with E-state index in [1.165, 1.54) is 35.7 Å². The molecule has 1 fully saturated rings. The van der Waals surface area contributed by atoms with Gasteiger partial charge in [-0.25, -0.2) is 4.98 Å². The number of anilines is 1. The van der Waals surface area contributed by atoms with Gasteiger partial charge >= 0.3 is 0 Å². The first-order valence-electron chi connectivity index (χ1n) is 5.64. The van der Waals surface area contributed by atoms with Crippen LogP contribution in [0.5, 0.6) is 0 Å². The summed E-state index contributed by atoms with van der Waals surface area (Å²) >= 11 is 1.81. The summed E-state index contributed by atoms with van der Waals surface area (Å²) in [5.41, 5.74) is 0. The lowest BCUT2D eigenvalue weighted by atomic mass is 9.86. The monoisotopic (exact) mass is 225 g/mol. The highest BCUT2D eigenvalue weighted by atomic mass is 32.1. The number of rotatable bonds is 3. The van der Waals surface area contributed by atoms with Gasteiger partial charge in [0.1, 0.15) is 5.00 Å². The van der Waals surface area contributed by atoms with Crippen molar-refractivity contribution in [3.8, 4) is 0 Å². The molecule has 0 atom stereocenters. The summed E-state index contributed by atoms with van der Waals surface area (Å²) in [6.45, 7) is 0. The molecule has 0 bridgehead atoms. The van der Waals surface area contributed by atoms with Crippen molar-refractivity contribution in [2.75, 3.05) is 19.4 Å². The fourth-order valence-corrected chi connectivity index (χ4v) is 3.16. The zero-order valence-corrected chi connectivity index (χ0v) is 10.2. The van der Waals surface area contributed by atoms with Crippen LogP contribution in [0.3, 0.4) is 0 Å². The van der Waals surface area contributed by atoms with E-state index in [-0.39, 0.29) is 0 Å². The van der Waals surface area contributed by atoms with Gasteiger partial charge in [0, 0.05) is 19.0 Å². The van der Waals surface area contributed by atoms with Crippen LogP contribution in [-0.2, 0) is 0 Å². The Morgan fingerprint density at radius 3 is 2.53 bits per heavy atom. The third-order valence-electron chi connectivity index (χ3n) is 3.25. The Labute approximate surface area is 95.3 Å². The molecule has 1 aromatic heterocycles. The lowest BCUT2D eigenvalue weighted by Crippen LogP contribution is -2.29. The summed E-state index contributed by atoms with van der Waals surface area (Å²) in [6.07, 6.45) is 7.08. The zero-order valence-electron chi connectivity index (χ0n) is 9.42. The lowest BCUT2D eigenvalue weighted by molar-refractivity contribution is 0.358. The van der Waals surface area contributed by atoms with Gasteiger partial charge < -0.3 is 10.6 Å². The quantitative estimate of drug-likeness (QED) is 0.829. The van der Waals surface area contributed by atoms with Crippen LogP contribution in [0, 0.1) is 0 Å². The lowest BCUT2D eigenvalue weighted by Gasteiger charge is -2.26. The average Bonchev–Trinajstić information content (AvgIpc) is 2.78. The maximum atomic E-state index is 4.50. The van der Waals surface area contributed by atoms with Gasteiger partial charge in [-0.3, -0.25) is 0 Å². The van der Waals surface area contributed by atoms with Gasteiger partial charge in [-0.2, -0.15) is 0 Å². The van der Waals surface area contributed by atoms with Crippen LogP contribution in [0.4, 0.5) is 5.00 Å². The first kappa shape index (κ1) is 10.9. The molecule has 0 aliphatic heterocycles. The maximum absolute atomic E-state index is 4.50. The highest BCUT2D eigenvalue weighted by Gasteiger charge is 2.23. The Balaban J connectivity index is 1.95. The minimum atomic E-state index is 0.696. The third-order valence-corrected chi connectivity index (χ3v) is 4.43. The van der Waals surface area contributed by atoms with Crippen LogP contribution < -0.4 is 10.6 Å². The molecule has 0 aromatic carbocycles. The topological polar surface area (TPSA) is 37.0 Å². The predicted molar refractivity (Wildman–Crippen MR) is 65.7 cm³/mol. The second-order valence-corrected chi connectivity index (χ2v) is 5.21. The molecule has 15 heavy (non-hydrogen) atoms. The van der Waals surface area contributed by atoms with Crippen LogP contribution in [0.15, 0.2) is 6.20 Å². The Morgan fingerprint density at radius 1 is 1.27 bits per heavy atom. The Hall–Kier alpha value is -0.610. The summed E-state index contributed by atoms with van der Waals surface area (Å²) in [5, 5.41) is 9.01. The first-order chi connectivity index (χ1) is 7.33. The summed E-state index contributed by atoms with van der Waals surface area (Å²) < 4.78 is 0. The summed E-state index contributed by atoms with van der Waals surface area (Å²) in [7, 11) is 4.02. The van der Waals surface area contributed by atoms with E-state index in [9.17, 15) is 0 Å². The van der Waals surface area contributed by atoms with Gasteiger partial charge in [-0.05, 0) is 32.7 Å². The van der Waals surface area contributed by atoms with Crippen molar-refractivity contribution in [3.63, 3.8) is 0 Å². The van der Waals surface area contributed by atoms with E-state index < -0.39 is 0 Å². The number of aromatic nitrogens is 1. The maximum Gasteiger partial charge on any atom is 0.108 e. The smallest absolute Gasteiger partial charge is 0.108 e. The van der Waals surface area contributed by atoms with E-state index in [1.54, 1.807) is 11.3 Å². The van der Waals surface area contributed by atoms with Crippen LogP contribution in [0.25, 0.3) is 0 Å². The molecule has 3 nitrogen and oxygen atoms in total. The molecular formula is C11H19N3S. The first-order valence-corrected chi connectivity index (χ1v) is 6.46. The van der Waals surface area contributed by atoms with Crippen molar-refractivity contribution in [2.24, 2.45) is 0 Å². The third kappa shape index (κ3) is 2.49. The van der Waals surface area contributed by atoms with Crippen molar-refractivity contribution < 1.29 is 0 Å². The summed E-state index contributed by atoms with van der Waals surface area (Å²) in [4.78, 5) is 4.50. The average molecular weight is 225 g/mol. The highest BCUT2D eigenvalue weighted by molar-refractivity contribution is 7.15. The van der Waals surface area contributed by atoms with E-state index in [4.69, 9.17) is 0 Å². The molecule has 2 N–H and O–H groups in total. The molecule has 0 amide bonds. The number of nitrogens with zero attached hydrogens (tertiary/aromatic N) is 1. The normalized spacial score (nSPS) is 26.5. The standard InChI is InChI=1S/C11H19N3S/c1-12-9-5-3-8(4-6-9)11-14-7-10(13-2)15-11/h7-9,12-13H,3-6H2,1-2H3/t8-,9-. The molecule has 2 rings (SSSR count). The molecule has 4 heteroatoms. The summed E-state index contributed by atoms with van der Waals surface area (Å²) in [5.74, 6) is 0.696. The Bertz CT molecular complexity index is 303. The molecule has 0 radical (unpaired) electrons. The number of thiazole rings is 1. The Morgan fingerprint density at radius 2 is 2.00 bits per heavy atom. The van der Waals surface area contributed by atoms with Crippen molar-refractivity contribution >= 4 is 16.3 Å². The van der Waals surface area contributed by atoms with Crippen molar-refractivity contribution in [1.82, 2.24) is 10.3 Å². The van der Waals surface area contributed by atoms with Crippen molar-refractivity contribution in [3.05, 3.63) is 11.2 Å². The molecule has 1 saturated carbocycles. The number of hydrogen-bond donors (Lipinski definition) is 2. The van der Waals surface area contributed by atoms with Gasteiger partial charge in [0.2, 0.25) is 0 Å². The SMILES string of the molecule is CNc1cnc([C@H]2CC[C@H](NC)CC2)s1. The molecule has 0 unspecified atom stereocenters. The second-order valence-electron chi connectivity index (χ2n) is 4.15. The fraction of sp³-hybridized carbons (Fsp3) is 0.727. The van der Waals surface area contributed by atoms with Crippen LogP contribution in [0.1, 0.15) is 36.6 Å². The van der Waals surface area contributed by atoms with Crippen molar-refractivity contribution in [2.45, 2.75) is 37.6 Å². The largest absolute Gasteiger partial charge is 0.379 e. The van der Waals surface area contributed by atoms with Gasteiger partial charge in [-0.15, -0.1) is 11.3 Å². The van der Waals surface area contributed by atoms with Gasteiger partial charge in [0.25, 0.3) is 0 Å². The van der Waals surface area contributed by atoms with E-state index in [0.29, 0.717) is 5.92 Å². The van der Waals surface area contributed by atoms with E-state index in [0.717, 1.165) is 6.04 Å². The second kappa shape index (κ2) is 4.94. The number of hydrogen-bond acceptors (Lipinski definition) is 4. The molecule has 1 aromatic rings. The van der Waals surface area contributed by atoms with Gasteiger partial charge in [0.05, 0.1) is 11.2 Å². The molecule has 84 valence electrons. The van der Waals surface area contributed by atoms with Crippen LogP contribution in [0.2, 0.25) is 0 Å². The fourth-order valence-electron chi connectivity index (χ4n) is 2.22. The van der Waals surface area contributed by atoms with Gasteiger partial charge in [-0.1, -0.05) is 0 Å². The molecule has 1 aliphatic rings. The molecular weight excluding hydrogens is 206 g/mol. The van der Waals surface area contributed by atoms with Crippen LogP contribution in [-0.4, -0.2) is 25.1 Å². The molecule has 1 heterocycles. The molecule has 0 spiro atoms. The summed E-state index contributed by atoms with van der Waals surface area (Å²) in [6, 6.07) is 0.727. The highest BCUT2D eigenvalue weighted by Crippen LogP contribution is 2.35. The minimum absolute atomic E-state index is 0.696. The Kier molecular flexibility index (Phi) is 3.59. The zero-order chi connectivity index (χ0) is 10.7. The van der Waals surface area contributed by atoms with Crippen LogP contribution >= 0.6 is 11.3 Å². The van der Waals surface area contributed by atoms with Crippen molar-refractivity contribution in [1.29, 1.82) is 0 Å². The minimum Gasteiger partial charge on any atom is -0.379 e. The molecule has 0 saturated heterocycles. The van der Waals surface area contributed by atoms with E-state index >= 15 is 0 Å². The van der Waals surface area contributed by atoms with E-state index in [2.05, 4.69) is 22.7 Å². The van der Waals surface area contributed by atoms with E-state index in [1.807, 2.05) is 13.2 Å². The number of nitrogens with one attached hydrogen (secondary N) is 2.